The van der Waals surface area contributed by atoms with Crippen LogP contribution < -0.4 is 11.5 Å². The molecule has 0 radical (unpaired) electrons. The first-order chi connectivity index (χ1) is 26.2. The second-order valence-corrected chi connectivity index (χ2v) is 14.2. The van der Waals surface area contributed by atoms with Crippen LogP contribution in [0.5, 0.6) is 0 Å². The molecule has 0 aromatic heterocycles. The van der Waals surface area contributed by atoms with Crippen molar-refractivity contribution < 1.29 is 0 Å². The number of fused-ring (bicyclic) bond motifs is 3. The van der Waals surface area contributed by atoms with Gasteiger partial charge in [0.05, 0.1) is 0 Å². The van der Waals surface area contributed by atoms with E-state index in [4.69, 9.17) is 16.9 Å². The maximum Gasteiger partial charge on any atom is 0.122 e. The number of allylic oxidation sites excluding steroid dienone is 4. The van der Waals surface area contributed by atoms with Crippen LogP contribution in [-0.2, 0) is 6.42 Å². The van der Waals surface area contributed by atoms with Gasteiger partial charge in [0.2, 0.25) is 0 Å². The lowest BCUT2D eigenvalue weighted by Gasteiger charge is -2.21. The van der Waals surface area contributed by atoms with Gasteiger partial charge in [-0.05, 0) is 112 Å². The molecule has 0 bridgehead atoms. The summed E-state index contributed by atoms with van der Waals surface area (Å²) in [6.45, 7) is 11.1. The molecule has 3 nitrogen and oxygen atoms in total. The minimum Gasteiger partial charge on any atom is -0.399 e. The Kier molecular flexibility index (Phi) is 14.0. The van der Waals surface area contributed by atoms with Gasteiger partial charge in [-0.2, -0.15) is 0 Å². The molecule has 0 aliphatic heterocycles. The van der Waals surface area contributed by atoms with Crippen molar-refractivity contribution in [1.82, 2.24) is 0 Å². The van der Waals surface area contributed by atoms with E-state index in [1.165, 1.54) is 79.6 Å². The van der Waals surface area contributed by atoms with Gasteiger partial charge in [-0.3, -0.25) is 5.41 Å². The predicted molar refractivity (Wildman–Crippen MR) is 235 cm³/mol. The molecule has 274 valence electrons. The molecule has 6 aromatic carbocycles. The summed E-state index contributed by atoms with van der Waals surface area (Å²) < 4.78 is 0. The Morgan fingerprint density at radius 2 is 1.20 bits per heavy atom. The van der Waals surface area contributed by atoms with E-state index in [-0.39, 0.29) is 5.84 Å². The molecule has 0 saturated heterocycles. The molecular formula is C51H55N3. The molecule has 6 aromatic rings. The van der Waals surface area contributed by atoms with Crippen molar-refractivity contribution in [2.75, 3.05) is 5.73 Å². The summed E-state index contributed by atoms with van der Waals surface area (Å²) in [5.41, 5.74) is 28.6. The van der Waals surface area contributed by atoms with Gasteiger partial charge in [0.15, 0.2) is 0 Å². The Hall–Kier alpha value is -5.93. The van der Waals surface area contributed by atoms with Gasteiger partial charge in [-0.1, -0.05) is 179 Å². The number of nitrogens with two attached hydrogens (primary N) is 2. The first kappa shape index (κ1) is 39.3. The molecule has 8 rings (SSSR count). The zero-order chi connectivity index (χ0) is 38.5. The number of amidine groups is 1. The maximum atomic E-state index is 7.46. The molecule has 2 aliphatic rings. The Balaban J connectivity index is 0.000000152. The molecule has 5 N–H and O–H groups in total. The largest absolute Gasteiger partial charge is 0.399 e. The summed E-state index contributed by atoms with van der Waals surface area (Å²) >= 11 is 0. The van der Waals surface area contributed by atoms with Crippen molar-refractivity contribution in [2.24, 2.45) is 11.7 Å². The molecule has 1 unspecified atom stereocenters. The van der Waals surface area contributed by atoms with Crippen molar-refractivity contribution in [1.29, 1.82) is 5.41 Å². The molecule has 54 heavy (non-hydrogen) atoms. The van der Waals surface area contributed by atoms with Crippen LogP contribution in [0.2, 0.25) is 0 Å². The zero-order valence-electron chi connectivity index (χ0n) is 32.6. The van der Waals surface area contributed by atoms with Crippen LogP contribution in [0.4, 0.5) is 5.69 Å². The van der Waals surface area contributed by atoms with Crippen LogP contribution in [0.1, 0.15) is 74.8 Å². The standard InChI is InChI=1S/C21H22.C14H12N2.C12H11N.C4H10/c1-15-12-13-19(17(3)14-15)21-16(2)8-7-11-20(21)18-9-5-4-6-10-18;15-14(16)11-6-5-10-7-9-3-1-2-4-12(9)13(10)8-11;13-12-8-6-11(7-9-12)10-4-2-1-3-5-10;1-3-4-2/h4-13,15H,14H2,1-3H3;1-6,8H,7H2,(H3,15,16);1-9H,13H2;3-4H2,1-2H3. The van der Waals surface area contributed by atoms with Crippen LogP contribution in [0.25, 0.3) is 39.0 Å². The fourth-order valence-corrected chi connectivity index (χ4v) is 6.84. The second kappa shape index (κ2) is 19.2. The van der Waals surface area contributed by atoms with E-state index in [1.807, 2.05) is 60.7 Å². The van der Waals surface area contributed by atoms with E-state index in [0.717, 1.165) is 24.1 Å². The number of benzene rings is 6. The van der Waals surface area contributed by atoms with Crippen molar-refractivity contribution in [2.45, 2.75) is 60.3 Å². The highest BCUT2D eigenvalue weighted by molar-refractivity contribution is 5.97. The van der Waals surface area contributed by atoms with Gasteiger partial charge in [0.1, 0.15) is 5.84 Å². The Morgan fingerprint density at radius 3 is 1.83 bits per heavy atom. The van der Waals surface area contributed by atoms with Crippen LogP contribution in [0, 0.1) is 18.3 Å². The van der Waals surface area contributed by atoms with E-state index in [0.29, 0.717) is 5.92 Å². The third kappa shape index (κ3) is 10.1. The van der Waals surface area contributed by atoms with E-state index in [2.05, 4.69) is 132 Å². The highest BCUT2D eigenvalue weighted by Crippen LogP contribution is 2.38. The third-order valence-corrected chi connectivity index (χ3v) is 9.93. The van der Waals surface area contributed by atoms with Gasteiger partial charge in [0, 0.05) is 11.3 Å². The number of hydrogen-bond donors (Lipinski definition) is 3. The van der Waals surface area contributed by atoms with Crippen molar-refractivity contribution in [3.05, 3.63) is 191 Å². The topological polar surface area (TPSA) is 75.9 Å². The molecule has 0 fully saturated rings. The Labute approximate surface area is 323 Å². The fraction of sp³-hybridized carbons (Fsp3) is 0.196. The number of unbranched alkanes of at least 4 members (excludes halogenated alkanes) is 1. The van der Waals surface area contributed by atoms with Gasteiger partial charge in [-0.15, -0.1) is 0 Å². The third-order valence-electron chi connectivity index (χ3n) is 9.93. The first-order valence-electron chi connectivity index (χ1n) is 19.2. The Bertz CT molecular complexity index is 2190. The summed E-state index contributed by atoms with van der Waals surface area (Å²) in [7, 11) is 0. The molecule has 1 atom stereocenters. The molecule has 0 spiro atoms. The van der Waals surface area contributed by atoms with Crippen molar-refractivity contribution in [3.63, 3.8) is 0 Å². The molecular weight excluding hydrogens is 655 g/mol. The monoisotopic (exact) mass is 709 g/mol. The summed E-state index contributed by atoms with van der Waals surface area (Å²) in [5, 5.41) is 7.46. The number of rotatable bonds is 5. The SMILES string of the molecule is CC1=C(c2c(C)cccc2-c2ccccc2)C=CC(C)C1.CCCC.N=C(N)c1ccc2c(c1)-c1ccccc1C2.Nc1ccc(-c2ccccc2)cc1. The lowest BCUT2D eigenvalue weighted by atomic mass is 9.83. The quantitative estimate of drug-likeness (QED) is 0.0945. The van der Waals surface area contributed by atoms with Gasteiger partial charge in [-0.25, -0.2) is 0 Å². The van der Waals surface area contributed by atoms with E-state index in [9.17, 15) is 0 Å². The second-order valence-electron chi connectivity index (χ2n) is 14.2. The Morgan fingerprint density at radius 1 is 0.630 bits per heavy atom. The summed E-state index contributed by atoms with van der Waals surface area (Å²) in [5.74, 6) is 0.783. The fourth-order valence-electron chi connectivity index (χ4n) is 6.84. The van der Waals surface area contributed by atoms with Crippen molar-refractivity contribution >= 4 is 17.1 Å². The van der Waals surface area contributed by atoms with Gasteiger partial charge < -0.3 is 11.5 Å². The average Bonchev–Trinajstić information content (AvgIpc) is 3.58. The van der Waals surface area contributed by atoms with Crippen LogP contribution in [-0.4, -0.2) is 5.84 Å². The van der Waals surface area contributed by atoms with E-state index >= 15 is 0 Å². The minimum absolute atomic E-state index is 0.132. The smallest absolute Gasteiger partial charge is 0.122 e. The predicted octanol–water partition coefficient (Wildman–Crippen LogP) is 13.3. The van der Waals surface area contributed by atoms with Gasteiger partial charge >= 0.3 is 0 Å². The number of hydrogen-bond acceptors (Lipinski definition) is 2. The van der Waals surface area contributed by atoms with Gasteiger partial charge in [0.25, 0.3) is 0 Å². The number of aryl methyl sites for hydroxylation is 1. The molecule has 0 saturated carbocycles. The summed E-state index contributed by atoms with van der Waals surface area (Å²) in [6.07, 6.45) is 9.44. The molecule has 3 heteroatoms. The highest BCUT2D eigenvalue weighted by atomic mass is 14.7. The van der Waals surface area contributed by atoms with E-state index in [1.54, 1.807) is 0 Å². The number of nitrogens with one attached hydrogen (secondary N) is 1. The average molecular weight is 710 g/mol. The highest BCUT2D eigenvalue weighted by Gasteiger charge is 2.18. The first-order valence-corrected chi connectivity index (χ1v) is 19.2. The van der Waals surface area contributed by atoms with Crippen LogP contribution in [0.15, 0.2) is 163 Å². The lowest BCUT2D eigenvalue weighted by molar-refractivity contribution is 0.710. The number of nitrogen functional groups attached to an aromatic ring is 2. The summed E-state index contributed by atoms with van der Waals surface area (Å²) in [6, 6.07) is 49.9. The lowest BCUT2D eigenvalue weighted by Crippen LogP contribution is -2.10. The van der Waals surface area contributed by atoms with Crippen LogP contribution in [0.3, 0.4) is 0 Å². The van der Waals surface area contributed by atoms with Crippen LogP contribution >= 0.6 is 0 Å². The summed E-state index contributed by atoms with van der Waals surface area (Å²) in [4.78, 5) is 0. The normalized spacial score (nSPS) is 13.5. The zero-order valence-corrected chi connectivity index (χ0v) is 32.6. The molecule has 0 heterocycles. The van der Waals surface area contributed by atoms with Crippen molar-refractivity contribution in [3.8, 4) is 33.4 Å². The van der Waals surface area contributed by atoms with E-state index < -0.39 is 0 Å². The molecule has 2 aliphatic carbocycles. The molecule has 0 amide bonds. The minimum atomic E-state index is 0.132. The maximum absolute atomic E-state index is 7.46. The number of anilines is 1.